The highest BCUT2D eigenvalue weighted by molar-refractivity contribution is 7.13. The van der Waals surface area contributed by atoms with E-state index in [2.05, 4.69) is 10.3 Å². The Morgan fingerprint density at radius 2 is 2.22 bits per heavy atom. The van der Waals surface area contributed by atoms with Gasteiger partial charge in [-0.3, -0.25) is 0 Å². The first kappa shape index (κ1) is 12.8. The second-order valence-corrected chi connectivity index (χ2v) is 5.09. The zero-order valence-electron chi connectivity index (χ0n) is 10.2. The van der Waals surface area contributed by atoms with E-state index in [1.54, 1.807) is 6.07 Å². The summed E-state index contributed by atoms with van der Waals surface area (Å²) in [6.07, 6.45) is 0. The lowest BCUT2D eigenvalue weighted by molar-refractivity contribution is 0.0702. The predicted molar refractivity (Wildman–Crippen MR) is 67.8 cm³/mol. The molecule has 0 saturated heterocycles. The molecule has 2 heterocycles. The van der Waals surface area contributed by atoms with E-state index in [1.165, 1.54) is 11.3 Å². The van der Waals surface area contributed by atoms with Crippen LogP contribution in [0.25, 0.3) is 0 Å². The van der Waals surface area contributed by atoms with E-state index >= 15 is 0 Å². The van der Waals surface area contributed by atoms with Crippen LogP contribution in [0, 0.1) is 13.8 Å². The topological polar surface area (TPSA) is 75.4 Å². The summed E-state index contributed by atoms with van der Waals surface area (Å²) < 4.78 is 5.43. The molecule has 0 spiro atoms. The minimum absolute atomic E-state index is 0.356. The molecule has 6 heteroatoms. The molecule has 0 radical (unpaired) electrons. The Morgan fingerprint density at radius 1 is 1.44 bits per heavy atom. The van der Waals surface area contributed by atoms with Gasteiger partial charge in [0, 0.05) is 11.4 Å². The number of rotatable bonds is 5. The highest BCUT2D eigenvalue weighted by Crippen LogP contribution is 2.16. The Morgan fingerprint density at radius 3 is 2.78 bits per heavy atom. The molecule has 0 fully saturated rings. The maximum Gasteiger partial charge on any atom is 0.345 e. The van der Waals surface area contributed by atoms with Crippen LogP contribution in [0.3, 0.4) is 0 Å². The molecule has 0 bridgehead atoms. The first-order valence-corrected chi connectivity index (χ1v) is 6.33. The van der Waals surface area contributed by atoms with Gasteiger partial charge < -0.3 is 14.8 Å². The van der Waals surface area contributed by atoms with Gasteiger partial charge in [0.25, 0.3) is 0 Å². The number of hydrogen-bond donors (Lipinski definition) is 2. The van der Waals surface area contributed by atoms with Crippen LogP contribution in [-0.2, 0) is 13.1 Å². The second kappa shape index (κ2) is 5.32. The van der Waals surface area contributed by atoms with Gasteiger partial charge in [-0.05, 0) is 26.0 Å². The molecule has 0 aliphatic heterocycles. The molecule has 0 aromatic carbocycles. The number of aromatic carboxylic acids is 1. The lowest BCUT2D eigenvalue weighted by atomic mass is 10.4. The number of nitrogens with zero attached hydrogens (tertiary/aromatic N) is 1. The Kier molecular flexibility index (Phi) is 3.78. The standard InChI is InChI=1S/C12H14N2O3S/c1-7-8(2)17-11(14-7)6-13-5-9-3-4-10(18-9)12(15)16/h3-4,13H,5-6H2,1-2H3,(H,15,16). The molecule has 0 atom stereocenters. The summed E-state index contributed by atoms with van der Waals surface area (Å²) >= 11 is 1.27. The predicted octanol–water partition coefficient (Wildman–Crippen LogP) is 2.34. The average Bonchev–Trinajstić information content (AvgIpc) is 2.88. The third kappa shape index (κ3) is 2.96. The molecule has 96 valence electrons. The largest absolute Gasteiger partial charge is 0.477 e. The number of aromatic nitrogens is 1. The van der Waals surface area contributed by atoms with Crippen molar-refractivity contribution in [3.63, 3.8) is 0 Å². The highest BCUT2D eigenvalue weighted by atomic mass is 32.1. The SMILES string of the molecule is Cc1nc(CNCc2ccc(C(=O)O)s2)oc1C. The van der Waals surface area contributed by atoms with E-state index in [1.807, 2.05) is 19.9 Å². The number of carbonyl (C=O) groups is 1. The van der Waals surface area contributed by atoms with Crippen molar-refractivity contribution in [3.8, 4) is 0 Å². The quantitative estimate of drug-likeness (QED) is 0.868. The van der Waals surface area contributed by atoms with Crippen molar-refractivity contribution >= 4 is 17.3 Å². The molecule has 2 aromatic heterocycles. The van der Waals surface area contributed by atoms with Gasteiger partial charge in [-0.1, -0.05) is 0 Å². The minimum atomic E-state index is -0.884. The van der Waals surface area contributed by atoms with Gasteiger partial charge in [0.05, 0.1) is 12.2 Å². The fourth-order valence-electron chi connectivity index (χ4n) is 1.50. The molecule has 0 aliphatic carbocycles. The van der Waals surface area contributed by atoms with Crippen LogP contribution in [-0.4, -0.2) is 16.1 Å². The number of thiophene rings is 1. The molecule has 2 N–H and O–H groups in total. The molecule has 2 rings (SSSR count). The van der Waals surface area contributed by atoms with E-state index in [4.69, 9.17) is 9.52 Å². The van der Waals surface area contributed by atoms with Gasteiger partial charge in [-0.25, -0.2) is 9.78 Å². The Balaban J connectivity index is 1.86. The van der Waals surface area contributed by atoms with Crippen molar-refractivity contribution in [2.75, 3.05) is 0 Å². The van der Waals surface area contributed by atoms with E-state index < -0.39 is 5.97 Å². The van der Waals surface area contributed by atoms with Crippen LogP contribution in [0.2, 0.25) is 0 Å². The molecular formula is C12H14N2O3S. The number of aryl methyl sites for hydroxylation is 2. The van der Waals surface area contributed by atoms with Crippen LogP contribution in [0.1, 0.15) is 31.9 Å². The first-order valence-electron chi connectivity index (χ1n) is 5.52. The van der Waals surface area contributed by atoms with E-state index in [0.29, 0.717) is 23.9 Å². The van der Waals surface area contributed by atoms with Crippen LogP contribution >= 0.6 is 11.3 Å². The third-order valence-electron chi connectivity index (χ3n) is 2.52. The summed E-state index contributed by atoms with van der Waals surface area (Å²) in [5.74, 6) is 0.598. The summed E-state index contributed by atoms with van der Waals surface area (Å²) in [6.45, 7) is 4.93. The highest BCUT2D eigenvalue weighted by Gasteiger charge is 2.08. The molecule has 0 aliphatic rings. The minimum Gasteiger partial charge on any atom is -0.477 e. The van der Waals surface area contributed by atoms with Crippen LogP contribution in [0.4, 0.5) is 0 Å². The Hall–Kier alpha value is -1.66. The van der Waals surface area contributed by atoms with Gasteiger partial charge in [0.2, 0.25) is 5.89 Å². The summed E-state index contributed by atoms with van der Waals surface area (Å²) in [7, 11) is 0. The summed E-state index contributed by atoms with van der Waals surface area (Å²) in [6, 6.07) is 3.43. The number of nitrogens with one attached hydrogen (secondary N) is 1. The van der Waals surface area contributed by atoms with E-state index in [9.17, 15) is 4.79 Å². The van der Waals surface area contributed by atoms with Crippen molar-refractivity contribution in [3.05, 3.63) is 39.2 Å². The normalized spacial score (nSPS) is 10.8. The maximum atomic E-state index is 10.7. The zero-order valence-corrected chi connectivity index (χ0v) is 11.0. The summed E-state index contributed by atoms with van der Waals surface area (Å²) in [4.78, 5) is 16.3. The number of hydrogen-bond acceptors (Lipinski definition) is 5. The fourth-order valence-corrected chi connectivity index (χ4v) is 2.31. The van der Waals surface area contributed by atoms with Gasteiger partial charge >= 0.3 is 5.97 Å². The molecule has 5 nitrogen and oxygen atoms in total. The fraction of sp³-hybridized carbons (Fsp3) is 0.333. The van der Waals surface area contributed by atoms with Crippen molar-refractivity contribution in [2.45, 2.75) is 26.9 Å². The second-order valence-electron chi connectivity index (χ2n) is 3.92. The van der Waals surface area contributed by atoms with Gasteiger partial charge in [-0.2, -0.15) is 0 Å². The molecule has 0 unspecified atom stereocenters. The van der Waals surface area contributed by atoms with Gasteiger partial charge in [-0.15, -0.1) is 11.3 Å². The first-order chi connectivity index (χ1) is 8.56. The van der Waals surface area contributed by atoms with E-state index in [-0.39, 0.29) is 0 Å². The van der Waals surface area contributed by atoms with Crippen LogP contribution in [0.5, 0.6) is 0 Å². The Bertz CT molecular complexity index is 540. The van der Waals surface area contributed by atoms with Gasteiger partial charge in [0.15, 0.2) is 0 Å². The van der Waals surface area contributed by atoms with Crippen LogP contribution < -0.4 is 5.32 Å². The molecule has 18 heavy (non-hydrogen) atoms. The van der Waals surface area contributed by atoms with Crippen molar-refractivity contribution in [2.24, 2.45) is 0 Å². The zero-order chi connectivity index (χ0) is 13.1. The monoisotopic (exact) mass is 266 g/mol. The summed E-state index contributed by atoms with van der Waals surface area (Å²) in [5.41, 5.74) is 0.899. The number of carboxylic acid groups (broad SMARTS) is 1. The maximum absolute atomic E-state index is 10.7. The van der Waals surface area contributed by atoms with E-state index in [0.717, 1.165) is 16.3 Å². The molecule has 0 saturated carbocycles. The average molecular weight is 266 g/mol. The number of carboxylic acids is 1. The van der Waals surface area contributed by atoms with Gasteiger partial charge in [0.1, 0.15) is 10.6 Å². The summed E-state index contributed by atoms with van der Waals surface area (Å²) in [5, 5.41) is 12.0. The molecule has 2 aromatic rings. The lowest BCUT2D eigenvalue weighted by Gasteiger charge is -1.98. The van der Waals surface area contributed by atoms with Crippen molar-refractivity contribution in [1.29, 1.82) is 0 Å². The molecule has 0 amide bonds. The molecular weight excluding hydrogens is 252 g/mol. The smallest absolute Gasteiger partial charge is 0.345 e. The van der Waals surface area contributed by atoms with Crippen LogP contribution in [0.15, 0.2) is 16.5 Å². The lowest BCUT2D eigenvalue weighted by Crippen LogP contribution is -2.11. The third-order valence-corrected chi connectivity index (χ3v) is 3.59. The van der Waals surface area contributed by atoms with Crippen molar-refractivity contribution in [1.82, 2.24) is 10.3 Å². The Labute approximate surface area is 108 Å². The van der Waals surface area contributed by atoms with Crippen molar-refractivity contribution < 1.29 is 14.3 Å². The number of oxazole rings is 1.